The Bertz CT molecular complexity index is 437. The molecule has 0 aromatic heterocycles. The van der Waals surface area contributed by atoms with Crippen molar-refractivity contribution in [1.29, 1.82) is 0 Å². The van der Waals surface area contributed by atoms with E-state index in [-0.39, 0.29) is 12.0 Å². The summed E-state index contributed by atoms with van der Waals surface area (Å²) in [6.45, 7) is 6.15. The van der Waals surface area contributed by atoms with Gasteiger partial charge in [-0.2, -0.15) is 0 Å². The lowest BCUT2D eigenvalue weighted by molar-refractivity contribution is -0.146. The maximum Gasteiger partial charge on any atom is 0.327 e. The van der Waals surface area contributed by atoms with Crippen molar-refractivity contribution in [2.75, 3.05) is 6.61 Å². The third-order valence-corrected chi connectivity index (χ3v) is 3.71. The molecule has 2 atom stereocenters. The second-order valence-corrected chi connectivity index (χ2v) is 5.09. The molecule has 1 aromatic carbocycles. The van der Waals surface area contributed by atoms with E-state index in [1.807, 2.05) is 13.8 Å². The van der Waals surface area contributed by atoms with Crippen molar-refractivity contribution < 1.29 is 9.53 Å². The zero-order valence-electron chi connectivity index (χ0n) is 11.4. The molecule has 19 heavy (non-hydrogen) atoms. The molecule has 0 saturated heterocycles. The first-order chi connectivity index (χ1) is 9.01. The van der Waals surface area contributed by atoms with Gasteiger partial charge in [-0.15, -0.1) is 0 Å². The minimum Gasteiger partial charge on any atom is -0.465 e. The lowest BCUT2D eigenvalue weighted by atomic mass is 10.1. The van der Waals surface area contributed by atoms with Crippen LogP contribution in [0, 0.1) is 0 Å². The van der Waals surface area contributed by atoms with Gasteiger partial charge in [0, 0.05) is 11.6 Å². The predicted molar refractivity (Wildman–Crippen MR) is 78.7 cm³/mol. The average molecular weight is 304 g/mol. The highest BCUT2D eigenvalue weighted by molar-refractivity contribution is 6.42. The zero-order valence-corrected chi connectivity index (χ0v) is 12.9. The van der Waals surface area contributed by atoms with Crippen LogP contribution in [0.2, 0.25) is 10.0 Å². The summed E-state index contributed by atoms with van der Waals surface area (Å²) in [4.78, 5) is 12.1. The highest BCUT2D eigenvalue weighted by atomic mass is 35.5. The number of carbonyl (C=O) groups is 1. The van der Waals surface area contributed by atoms with E-state index in [1.54, 1.807) is 25.1 Å². The fourth-order valence-electron chi connectivity index (χ4n) is 1.66. The molecular formula is C14H19Cl2NO2. The number of hydrogen-bond donors (Lipinski definition) is 1. The van der Waals surface area contributed by atoms with Crippen LogP contribution in [0.5, 0.6) is 0 Å². The quantitative estimate of drug-likeness (QED) is 0.808. The number of carbonyl (C=O) groups excluding carboxylic acids is 1. The van der Waals surface area contributed by atoms with E-state index >= 15 is 0 Å². The summed E-state index contributed by atoms with van der Waals surface area (Å²) in [6.07, 6.45) is 0.897. The molecule has 0 aliphatic carbocycles. The van der Waals surface area contributed by atoms with Crippen molar-refractivity contribution in [2.24, 2.45) is 0 Å². The first kappa shape index (κ1) is 16.3. The van der Waals surface area contributed by atoms with Crippen molar-refractivity contribution in [3.8, 4) is 0 Å². The fourth-order valence-corrected chi connectivity index (χ4v) is 2.07. The maximum atomic E-state index is 12.1. The Morgan fingerprint density at radius 2 is 2.05 bits per heavy atom. The average Bonchev–Trinajstić information content (AvgIpc) is 2.39. The van der Waals surface area contributed by atoms with Crippen molar-refractivity contribution in [2.45, 2.75) is 39.3 Å². The predicted octanol–water partition coefficient (Wildman–Crippen LogP) is 3.99. The molecule has 0 aliphatic heterocycles. The second kappa shape index (κ2) is 7.73. The van der Waals surface area contributed by atoms with Crippen LogP contribution < -0.4 is 5.32 Å². The van der Waals surface area contributed by atoms with Crippen LogP contribution in [-0.2, 0) is 9.53 Å². The molecule has 0 fully saturated rings. The van der Waals surface area contributed by atoms with Gasteiger partial charge in [-0.3, -0.25) is 5.32 Å². The van der Waals surface area contributed by atoms with Crippen molar-refractivity contribution >= 4 is 29.2 Å². The van der Waals surface area contributed by atoms with Gasteiger partial charge < -0.3 is 4.74 Å². The molecular weight excluding hydrogens is 285 g/mol. The number of esters is 1. The monoisotopic (exact) mass is 303 g/mol. The zero-order chi connectivity index (χ0) is 14.4. The molecule has 1 rings (SSSR count). The summed E-state index contributed by atoms with van der Waals surface area (Å²) in [6, 6.07) is 4.82. The van der Waals surface area contributed by atoms with Gasteiger partial charge in [-0.25, -0.2) is 4.79 Å². The molecule has 0 bridgehead atoms. The van der Waals surface area contributed by atoms with Crippen LogP contribution in [0.25, 0.3) is 0 Å². The summed E-state index contributed by atoms with van der Waals surface area (Å²) >= 11 is 12.2. The smallest absolute Gasteiger partial charge is 0.327 e. The topological polar surface area (TPSA) is 38.3 Å². The molecule has 3 nitrogen and oxygen atoms in total. The lowest BCUT2D eigenvalue weighted by Crippen LogP contribution is -2.36. The minimum absolute atomic E-state index is 0.171. The third kappa shape index (κ3) is 4.37. The first-order valence-corrected chi connectivity index (χ1v) is 7.13. The minimum atomic E-state index is -0.596. The Kier molecular flexibility index (Phi) is 6.63. The van der Waals surface area contributed by atoms with E-state index in [4.69, 9.17) is 27.9 Å². The van der Waals surface area contributed by atoms with Crippen LogP contribution in [0.4, 0.5) is 0 Å². The van der Waals surface area contributed by atoms with Gasteiger partial charge in [0.2, 0.25) is 0 Å². The fraction of sp³-hybridized carbons (Fsp3) is 0.500. The number of rotatable bonds is 6. The normalized spacial score (nSPS) is 13.9. The summed E-state index contributed by atoms with van der Waals surface area (Å²) in [5, 5.41) is 4.04. The van der Waals surface area contributed by atoms with Crippen LogP contribution in [-0.4, -0.2) is 18.6 Å². The molecule has 1 aromatic rings. The van der Waals surface area contributed by atoms with E-state index in [2.05, 4.69) is 5.32 Å². The van der Waals surface area contributed by atoms with Crippen LogP contribution in [0.3, 0.4) is 0 Å². The second-order valence-electron chi connectivity index (χ2n) is 4.30. The van der Waals surface area contributed by atoms with Gasteiger partial charge in [0.1, 0.15) is 6.04 Å². The molecule has 0 heterocycles. The maximum absolute atomic E-state index is 12.1. The third-order valence-electron chi connectivity index (χ3n) is 2.88. The van der Waals surface area contributed by atoms with E-state index in [9.17, 15) is 4.79 Å². The molecule has 106 valence electrons. The van der Waals surface area contributed by atoms with Crippen LogP contribution >= 0.6 is 23.2 Å². The molecule has 0 amide bonds. The van der Waals surface area contributed by atoms with Crippen molar-refractivity contribution in [3.63, 3.8) is 0 Å². The molecule has 2 unspecified atom stereocenters. The van der Waals surface area contributed by atoms with Gasteiger partial charge >= 0.3 is 5.97 Å². The highest BCUT2D eigenvalue weighted by Crippen LogP contribution is 2.30. The summed E-state index contributed by atoms with van der Waals surface area (Å²) in [5.74, 6) is -0.341. The molecule has 1 N–H and O–H groups in total. The standard InChI is InChI=1S/C14H19Cl2NO2/c1-4-9(3)17-13(14(18)19-5-2)10-7-6-8-11(15)12(10)16/h6-9,13,17H,4-5H2,1-3H3. The Morgan fingerprint density at radius 1 is 1.37 bits per heavy atom. The van der Waals surface area contributed by atoms with Crippen molar-refractivity contribution in [1.82, 2.24) is 5.32 Å². The first-order valence-electron chi connectivity index (χ1n) is 6.37. The Morgan fingerprint density at radius 3 is 2.63 bits per heavy atom. The van der Waals surface area contributed by atoms with Gasteiger partial charge in [-0.1, -0.05) is 42.3 Å². The Balaban J connectivity index is 3.07. The highest BCUT2D eigenvalue weighted by Gasteiger charge is 2.26. The van der Waals surface area contributed by atoms with Gasteiger partial charge in [-0.05, 0) is 26.3 Å². The largest absolute Gasteiger partial charge is 0.465 e. The van der Waals surface area contributed by atoms with Gasteiger partial charge in [0.15, 0.2) is 0 Å². The Labute approximate surface area is 124 Å². The van der Waals surface area contributed by atoms with Crippen molar-refractivity contribution in [3.05, 3.63) is 33.8 Å². The SMILES string of the molecule is CCOC(=O)C(NC(C)CC)c1cccc(Cl)c1Cl. The summed E-state index contributed by atoms with van der Waals surface area (Å²) in [7, 11) is 0. The summed E-state index contributed by atoms with van der Waals surface area (Å²) < 4.78 is 5.10. The molecule has 0 spiro atoms. The number of benzene rings is 1. The molecule has 5 heteroatoms. The summed E-state index contributed by atoms with van der Waals surface area (Å²) in [5.41, 5.74) is 0.646. The number of nitrogens with one attached hydrogen (secondary N) is 1. The van der Waals surface area contributed by atoms with E-state index in [0.29, 0.717) is 22.2 Å². The van der Waals surface area contributed by atoms with Crippen LogP contribution in [0.1, 0.15) is 38.8 Å². The number of ether oxygens (including phenoxy) is 1. The molecule has 0 aliphatic rings. The van der Waals surface area contributed by atoms with E-state index in [1.165, 1.54) is 0 Å². The Hall–Kier alpha value is -0.770. The number of hydrogen-bond acceptors (Lipinski definition) is 3. The van der Waals surface area contributed by atoms with E-state index < -0.39 is 6.04 Å². The molecule has 0 radical (unpaired) electrons. The lowest BCUT2D eigenvalue weighted by Gasteiger charge is -2.22. The number of halogens is 2. The van der Waals surface area contributed by atoms with E-state index in [0.717, 1.165) is 6.42 Å². The van der Waals surface area contributed by atoms with Gasteiger partial charge in [0.25, 0.3) is 0 Å². The van der Waals surface area contributed by atoms with Gasteiger partial charge in [0.05, 0.1) is 16.7 Å². The molecule has 0 saturated carbocycles. The van der Waals surface area contributed by atoms with Crippen LogP contribution in [0.15, 0.2) is 18.2 Å².